The standard InChI is InChI=1S/C18H15ClN2O3/c19-17-8-7-13(10-20-17)18(23)21(12-15-5-3-9-24-15)11-14-4-1-2-6-16(14)22/h1-10,22H,11-12H2. The zero-order valence-electron chi connectivity index (χ0n) is 12.7. The van der Waals surface area contributed by atoms with Crippen LogP contribution >= 0.6 is 11.6 Å². The number of rotatable bonds is 5. The number of benzene rings is 1. The van der Waals surface area contributed by atoms with E-state index in [1.54, 1.807) is 53.6 Å². The van der Waals surface area contributed by atoms with Crippen molar-refractivity contribution in [2.75, 3.05) is 0 Å². The average Bonchev–Trinajstić information content (AvgIpc) is 3.09. The third-order valence-electron chi connectivity index (χ3n) is 3.54. The molecule has 1 aromatic carbocycles. The van der Waals surface area contributed by atoms with E-state index in [0.717, 1.165) is 0 Å². The van der Waals surface area contributed by atoms with Gasteiger partial charge in [0.2, 0.25) is 0 Å². The van der Waals surface area contributed by atoms with Crippen molar-refractivity contribution in [3.63, 3.8) is 0 Å². The maximum atomic E-state index is 12.8. The number of para-hydroxylation sites is 1. The quantitative estimate of drug-likeness (QED) is 0.715. The molecule has 1 amide bonds. The molecule has 122 valence electrons. The molecule has 0 radical (unpaired) electrons. The molecule has 0 unspecified atom stereocenters. The average molecular weight is 343 g/mol. The number of nitrogens with zero attached hydrogens (tertiary/aromatic N) is 2. The Kier molecular flexibility index (Phi) is 4.82. The Morgan fingerprint density at radius 1 is 1.12 bits per heavy atom. The summed E-state index contributed by atoms with van der Waals surface area (Å²) in [5, 5.41) is 10.3. The molecular weight excluding hydrogens is 328 g/mol. The van der Waals surface area contributed by atoms with Gasteiger partial charge < -0.3 is 14.4 Å². The van der Waals surface area contributed by atoms with Gasteiger partial charge in [0.15, 0.2) is 0 Å². The fourth-order valence-corrected chi connectivity index (χ4v) is 2.44. The zero-order chi connectivity index (χ0) is 16.9. The summed E-state index contributed by atoms with van der Waals surface area (Å²) < 4.78 is 5.34. The molecule has 0 aliphatic rings. The van der Waals surface area contributed by atoms with E-state index in [2.05, 4.69) is 4.98 Å². The molecule has 0 bridgehead atoms. The molecule has 2 heterocycles. The van der Waals surface area contributed by atoms with Gasteiger partial charge in [-0.15, -0.1) is 0 Å². The molecule has 2 aromatic heterocycles. The number of hydrogen-bond acceptors (Lipinski definition) is 4. The van der Waals surface area contributed by atoms with Gasteiger partial charge in [0.05, 0.1) is 24.9 Å². The van der Waals surface area contributed by atoms with Gasteiger partial charge in [-0.3, -0.25) is 4.79 Å². The van der Waals surface area contributed by atoms with E-state index in [4.69, 9.17) is 16.0 Å². The lowest BCUT2D eigenvalue weighted by Crippen LogP contribution is -2.30. The van der Waals surface area contributed by atoms with Crippen LogP contribution in [-0.2, 0) is 13.1 Å². The second kappa shape index (κ2) is 7.19. The number of halogens is 1. The van der Waals surface area contributed by atoms with Gasteiger partial charge in [-0.25, -0.2) is 4.98 Å². The van der Waals surface area contributed by atoms with E-state index in [0.29, 0.717) is 22.0 Å². The number of furan rings is 1. The van der Waals surface area contributed by atoms with Crippen molar-refractivity contribution >= 4 is 17.5 Å². The summed E-state index contributed by atoms with van der Waals surface area (Å²) >= 11 is 5.78. The number of carbonyl (C=O) groups excluding carboxylic acids is 1. The molecule has 0 aliphatic carbocycles. The first-order valence-electron chi connectivity index (χ1n) is 7.33. The van der Waals surface area contributed by atoms with Gasteiger partial charge in [0.1, 0.15) is 16.7 Å². The maximum Gasteiger partial charge on any atom is 0.256 e. The summed E-state index contributed by atoms with van der Waals surface area (Å²) in [7, 11) is 0. The summed E-state index contributed by atoms with van der Waals surface area (Å²) in [6.45, 7) is 0.525. The topological polar surface area (TPSA) is 66.6 Å². The summed E-state index contributed by atoms with van der Waals surface area (Å²) in [5.41, 5.74) is 1.07. The van der Waals surface area contributed by atoms with Crippen molar-refractivity contribution in [1.29, 1.82) is 0 Å². The molecule has 0 saturated heterocycles. The van der Waals surface area contributed by atoms with Gasteiger partial charge >= 0.3 is 0 Å². The minimum Gasteiger partial charge on any atom is -0.508 e. The van der Waals surface area contributed by atoms with Gasteiger partial charge in [-0.05, 0) is 30.3 Å². The van der Waals surface area contributed by atoms with E-state index >= 15 is 0 Å². The summed E-state index contributed by atoms with van der Waals surface area (Å²) in [6.07, 6.45) is 2.99. The highest BCUT2D eigenvalue weighted by Crippen LogP contribution is 2.21. The molecule has 3 aromatic rings. The Hall–Kier alpha value is -2.79. The van der Waals surface area contributed by atoms with Crippen molar-refractivity contribution in [1.82, 2.24) is 9.88 Å². The molecule has 24 heavy (non-hydrogen) atoms. The fraction of sp³-hybridized carbons (Fsp3) is 0.111. The van der Waals surface area contributed by atoms with Gasteiger partial charge in [0.25, 0.3) is 5.91 Å². The molecule has 5 nitrogen and oxygen atoms in total. The summed E-state index contributed by atoms with van der Waals surface area (Å²) in [5.74, 6) is 0.573. The minimum atomic E-state index is -0.223. The fourth-order valence-electron chi connectivity index (χ4n) is 2.33. The molecule has 0 spiro atoms. The number of pyridine rings is 1. The van der Waals surface area contributed by atoms with Crippen LogP contribution in [0.2, 0.25) is 5.15 Å². The highest BCUT2D eigenvalue weighted by atomic mass is 35.5. The highest BCUT2D eigenvalue weighted by molar-refractivity contribution is 6.29. The number of phenolic OH excluding ortho intramolecular Hbond substituents is 1. The maximum absolute atomic E-state index is 12.8. The molecule has 0 atom stereocenters. The minimum absolute atomic E-state index is 0.143. The number of hydrogen-bond donors (Lipinski definition) is 1. The number of aromatic hydroxyl groups is 1. The summed E-state index contributed by atoms with van der Waals surface area (Å²) in [6, 6.07) is 13.7. The Balaban J connectivity index is 1.87. The first-order chi connectivity index (χ1) is 11.6. The van der Waals surface area contributed by atoms with E-state index in [1.165, 1.54) is 6.20 Å². The molecular formula is C18H15ClN2O3. The van der Waals surface area contributed by atoms with Crippen LogP contribution in [0.3, 0.4) is 0 Å². The summed E-state index contributed by atoms with van der Waals surface area (Å²) in [4.78, 5) is 18.3. The number of aromatic nitrogens is 1. The van der Waals surface area contributed by atoms with E-state index < -0.39 is 0 Å². The first-order valence-corrected chi connectivity index (χ1v) is 7.71. The van der Waals surface area contributed by atoms with Crippen molar-refractivity contribution in [2.24, 2.45) is 0 Å². The highest BCUT2D eigenvalue weighted by Gasteiger charge is 2.19. The normalized spacial score (nSPS) is 10.5. The lowest BCUT2D eigenvalue weighted by atomic mass is 10.1. The van der Waals surface area contributed by atoms with Gasteiger partial charge in [-0.1, -0.05) is 29.8 Å². The van der Waals surface area contributed by atoms with Crippen LogP contribution in [-0.4, -0.2) is 20.9 Å². The van der Waals surface area contributed by atoms with Crippen LogP contribution in [0, 0.1) is 0 Å². The number of amides is 1. The second-order valence-electron chi connectivity index (χ2n) is 5.24. The van der Waals surface area contributed by atoms with Gasteiger partial charge in [0, 0.05) is 11.8 Å². The molecule has 1 N–H and O–H groups in total. The SMILES string of the molecule is O=C(c1ccc(Cl)nc1)N(Cc1ccco1)Cc1ccccc1O. The van der Waals surface area contributed by atoms with Crippen LogP contribution in [0.1, 0.15) is 21.7 Å². The van der Waals surface area contributed by atoms with Crippen molar-refractivity contribution in [3.05, 3.63) is 83.0 Å². The lowest BCUT2D eigenvalue weighted by Gasteiger charge is -2.22. The van der Waals surface area contributed by atoms with Crippen LogP contribution in [0.5, 0.6) is 5.75 Å². The molecule has 0 saturated carbocycles. The van der Waals surface area contributed by atoms with E-state index in [1.807, 2.05) is 6.07 Å². The third kappa shape index (κ3) is 3.75. The predicted octanol–water partition coefficient (Wildman–Crippen LogP) is 3.88. The number of phenols is 1. The number of carbonyl (C=O) groups is 1. The van der Waals surface area contributed by atoms with Crippen LogP contribution in [0.25, 0.3) is 0 Å². The Morgan fingerprint density at radius 3 is 2.62 bits per heavy atom. The van der Waals surface area contributed by atoms with Crippen molar-refractivity contribution in [3.8, 4) is 5.75 Å². The lowest BCUT2D eigenvalue weighted by molar-refractivity contribution is 0.0716. The third-order valence-corrected chi connectivity index (χ3v) is 3.76. The molecule has 0 fully saturated rings. The zero-order valence-corrected chi connectivity index (χ0v) is 13.5. The van der Waals surface area contributed by atoms with Crippen LogP contribution in [0.4, 0.5) is 0 Å². The van der Waals surface area contributed by atoms with E-state index in [-0.39, 0.29) is 24.7 Å². The smallest absolute Gasteiger partial charge is 0.256 e. The van der Waals surface area contributed by atoms with Crippen molar-refractivity contribution in [2.45, 2.75) is 13.1 Å². The molecule has 3 rings (SSSR count). The van der Waals surface area contributed by atoms with Crippen molar-refractivity contribution < 1.29 is 14.3 Å². The molecule has 6 heteroatoms. The van der Waals surface area contributed by atoms with E-state index in [9.17, 15) is 9.90 Å². The largest absolute Gasteiger partial charge is 0.508 e. The molecule has 0 aliphatic heterocycles. The Bertz CT molecular complexity index is 817. The Labute approximate surface area is 144 Å². The second-order valence-corrected chi connectivity index (χ2v) is 5.63. The van der Waals surface area contributed by atoms with Crippen LogP contribution in [0.15, 0.2) is 65.4 Å². The monoisotopic (exact) mass is 342 g/mol. The Morgan fingerprint density at radius 2 is 1.96 bits per heavy atom. The van der Waals surface area contributed by atoms with Gasteiger partial charge in [-0.2, -0.15) is 0 Å². The van der Waals surface area contributed by atoms with Crippen LogP contribution < -0.4 is 0 Å². The first kappa shape index (κ1) is 16.1. The predicted molar refractivity (Wildman–Crippen MR) is 89.6 cm³/mol.